The van der Waals surface area contributed by atoms with Gasteiger partial charge in [-0.05, 0) is 18.6 Å². The number of aromatic nitrogens is 3. The number of H-pyrrole nitrogens is 1. The van der Waals surface area contributed by atoms with Gasteiger partial charge in [-0.3, -0.25) is 14.8 Å². The van der Waals surface area contributed by atoms with Gasteiger partial charge in [0.05, 0.1) is 18.1 Å². The van der Waals surface area contributed by atoms with Crippen LogP contribution in [0.25, 0.3) is 0 Å². The molecule has 0 saturated carbocycles. The van der Waals surface area contributed by atoms with Crippen molar-refractivity contribution in [3.63, 3.8) is 0 Å². The molecular formula is C13H19N5O2S. The Morgan fingerprint density at radius 3 is 2.71 bits per heavy atom. The maximum atomic E-state index is 12.4. The molecule has 0 radical (unpaired) electrons. The molecule has 2 heterocycles. The van der Waals surface area contributed by atoms with E-state index in [4.69, 9.17) is 0 Å². The zero-order valence-electron chi connectivity index (χ0n) is 12.2. The molecule has 0 spiro atoms. The molecule has 0 aliphatic rings. The molecule has 0 amide bonds. The van der Waals surface area contributed by atoms with Gasteiger partial charge in [-0.15, -0.1) is 0 Å². The molecule has 0 aliphatic heterocycles. The Balaban J connectivity index is 2.22. The van der Waals surface area contributed by atoms with Crippen LogP contribution in [0.1, 0.15) is 25.0 Å². The number of anilines is 1. The molecule has 0 aliphatic carbocycles. The highest BCUT2D eigenvalue weighted by atomic mass is 32.2. The summed E-state index contributed by atoms with van der Waals surface area (Å²) < 4.78 is 27.3. The second-order valence-electron chi connectivity index (χ2n) is 5.12. The normalized spacial score (nSPS) is 11.8. The molecule has 2 rings (SSSR count). The monoisotopic (exact) mass is 309 g/mol. The number of pyridine rings is 1. The van der Waals surface area contributed by atoms with Crippen LogP contribution in [-0.2, 0) is 16.6 Å². The Bertz CT molecular complexity index is 709. The van der Waals surface area contributed by atoms with Crippen molar-refractivity contribution in [2.75, 3.05) is 4.72 Å². The van der Waals surface area contributed by atoms with Gasteiger partial charge in [0, 0.05) is 24.3 Å². The summed E-state index contributed by atoms with van der Waals surface area (Å²) in [4.78, 5) is 3.97. The smallest absolute Gasteiger partial charge is 0.279 e. The first kappa shape index (κ1) is 15.5. The fourth-order valence-corrected chi connectivity index (χ4v) is 2.96. The lowest BCUT2D eigenvalue weighted by Crippen LogP contribution is -2.23. The molecule has 114 valence electrons. The van der Waals surface area contributed by atoms with E-state index in [1.54, 1.807) is 12.3 Å². The van der Waals surface area contributed by atoms with Gasteiger partial charge in [-0.2, -0.15) is 13.5 Å². The highest BCUT2D eigenvalue weighted by Crippen LogP contribution is 2.17. The SMILES string of the molecule is Cc1cncc(NS(=O)(=O)c2[nH]ncc2CNC(C)C)c1. The Hall–Kier alpha value is -1.93. The quantitative estimate of drug-likeness (QED) is 0.749. The summed E-state index contributed by atoms with van der Waals surface area (Å²) in [5, 5.41) is 9.61. The third-order valence-electron chi connectivity index (χ3n) is 2.77. The summed E-state index contributed by atoms with van der Waals surface area (Å²) in [6.45, 7) is 6.26. The van der Waals surface area contributed by atoms with Gasteiger partial charge in [0.25, 0.3) is 10.0 Å². The number of nitrogens with one attached hydrogen (secondary N) is 3. The minimum absolute atomic E-state index is 0.0668. The van der Waals surface area contributed by atoms with Gasteiger partial charge in [-0.1, -0.05) is 13.8 Å². The lowest BCUT2D eigenvalue weighted by atomic mass is 10.3. The lowest BCUT2D eigenvalue weighted by molar-refractivity contribution is 0.574. The molecule has 2 aromatic heterocycles. The number of sulfonamides is 1. The third kappa shape index (κ3) is 4.02. The summed E-state index contributed by atoms with van der Waals surface area (Å²) in [7, 11) is -3.71. The second-order valence-corrected chi connectivity index (χ2v) is 6.74. The van der Waals surface area contributed by atoms with Crippen LogP contribution >= 0.6 is 0 Å². The maximum absolute atomic E-state index is 12.4. The molecule has 3 N–H and O–H groups in total. The molecule has 8 heteroatoms. The van der Waals surface area contributed by atoms with Crippen molar-refractivity contribution in [2.45, 2.75) is 38.4 Å². The van der Waals surface area contributed by atoms with E-state index in [1.165, 1.54) is 12.4 Å². The molecule has 0 saturated heterocycles. The molecule has 0 unspecified atom stereocenters. The van der Waals surface area contributed by atoms with Gasteiger partial charge in [0.2, 0.25) is 0 Å². The number of rotatable bonds is 6. The second kappa shape index (κ2) is 6.23. The van der Waals surface area contributed by atoms with Crippen LogP contribution in [-0.4, -0.2) is 29.6 Å². The van der Waals surface area contributed by atoms with Crippen molar-refractivity contribution in [1.29, 1.82) is 0 Å². The van der Waals surface area contributed by atoms with E-state index in [-0.39, 0.29) is 11.1 Å². The molecule has 0 bridgehead atoms. The molecule has 0 fully saturated rings. The Labute approximate surface area is 124 Å². The number of aromatic amines is 1. The van der Waals surface area contributed by atoms with Crippen molar-refractivity contribution >= 4 is 15.7 Å². The predicted octanol–water partition coefficient (Wildman–Crippen LogP) is 1.41. The Kier molecular flexibility index (Phi) is 4.59. The largest absolute Gasteiger partial charge is 0.310 e. The first-order chi connectivity index (χ1) is 9.88. The predicted molar refractivity (Wildman–Crippen MR) is 80.3 cm³/mol. The molecule has 7 nitrogen and oxygen atoms in total. The van der Waals surface area contributed by atoms with E-state index in [0.717, 1.165) is 5.56 Å². The van der Waals surface area contributed by atoms with Crippen LogP contribution in [0.3, 0.4) is 0 Å². The van der Waals surface area contributed by atoms with Gasteiger partial charge in [0.15, 0.2) is 5.03 Å². The molecule has 0 aromatic carbocycles. The standard InChI is InChI=1S/C13H19N5O2S/c1-9(2)15-6-11-7-16-17-13(11)21(19,20)18-12-4-10(3)5-14-8-12/h4-5,7-9,15,18H,6H2,1-3H3,(H,16,17). The summed E-state index contributed by atoms with van der Waals surface area (Å²) >= 11 is 0. The number of hydrogen-bond donors (Lipinski definition) is 3. The summed E-state index contributed by atoms with van der Waals surface area (Å²) in [6.07, 6.45) is 4.64. The Morgan fingerprint density at radius 2 is 2.05 bits per heavy atom. The fraction of sp³-hybridized carbons (Fsp3) is 0.385. The number of aryl methyl sites for hydroxylation is 1. The van der Waals surface area contributed by atoms with Crippen molar-refractivity contribution in [1.82, 2.24) is 20.5 Å². The van der Waals surface area contributed by atoms with E-state index in [0.29, 0.717) is 17.8 Å². The van der Waals surface area contributed by atoms with Crippen LogP contribution in [0.5, 0.6) is 0 Å². The van der Waals surface area contributed by atoms with E-state index < -0.39 is 10.0 Å². The summed E-state index contributed by atoms with van der Waals surface area (Å²) in [5.41, 5.74) is 1.89. The zero-order valence-corrected chi connectivity index (χ0v) is 13.0. The molecule has 21 heavy (non-hydrogen) atoms. The highest BCUT2D eigenvalue weighted by molar-refractivity contribution is 7.92. The first-order valence-corrected chi connectivity index (χ1v) is 8.07. The number of nitrogens with zero attached hydrogens (tertiary/aromatic N) is 2. The zero-order chi connectivity index (χ0) is 15.5. The van der Waals surface area contributed by atoms with Crippen molar-refractivity contribution in [2.24, 2.45) is 0 Å². The average molecular weight is 309 g/mol. The van der Waals surface area contributed by atoms with E-state index in [9.17, 15) is 8.42 Å². The van der Waals surface area contributed by atoms with Crippen LogP contribution in [0.15, 0.2) is 29.7 Å². The van der Waals surface area contributed by atoms with Crippen molar-refractivity contribution in [3.05, 3.63) is 35.8 Å². The topological polar surface area (TPSA) is 99.8 Å². The van der Waals surface area contributed by atoms with Crippen LogP contribution in [0.4, 0.5) is 5.69 Å². The first-order valence-electron chi connectivity index (χ1n) is 6.58. The lowest BCUT2D eigenvalue weighted by Gasteiger charge is -2.10. The minimum atomic E-state index is -3.71. The summed E-state index contributed by atoms with van der Waals surface area (Å²) in [5.74, 6) is 0. The van der Waals surface area contributed by atoms with Crippen molar-refractivity contribution < 1.29 is 8.42 Å². The van der Waals surface area contributed by atoms with Gasteiger partial charge < -0.3 is 5.32 Å². The number of hydrogen-bond acceptors (Lipinski definition) is 5. The molecule has 2 aromatic rings. The van der Waals surface area contributed by atoms with Gasteiger partial charge in [0.1, 0.15) is 0 Å². The van der Waals surface area contributed by atoms with Gasteiger partial charge in [-0.25, -0.2) is 0 Å². The van der Waals surface area contributed by atoms with E-state index >= 15 is 0 Å². The minimum Gasteiger partial charge on any atom is -0.310 e. The molecular weight excluding hydrogens is 290 g/mol. The fourth-order valence-electron chi connectivity index (χ4n) is 1.79. The maximum Gasteiger partial charge on any atom is 0.279 e. The van der Waals surface area contributed by atoms with E-state index in [2.05, 4.69) is 25.2 Å². The van der Waals surface area contributed by atoms with Gasteiger partial charge >= 0.3 is 0 Å². The average Bonchev–Trinajstić information content (AvgIpc) is 2.85. The summed E-state index contributed by atoms with van der Waals surface area (Å²) in [6, 6.07) is 1.97. The van der Waals surface area contributed by atoms with E-state index in [1.807, 2.05) is 20.8 Å². The van der Waals surface area contributed by atoms with Crippen LogP contribution in [0, 0.1) is 6.92 Å². The Morgan fingerprint density at radius 1 is 1.29 bits per heavy atom. The highest BCUT2D eigenvalue weighted by Gasteiger charge is 2.21. The third-order valence-corrected chi connectivity index (χ3v) is 4.17. The molecule has 0 atom stereocenters. The van der Waals surface area contributed by atoms with Crippen LogP contribution in [0.2, 0.25) is 0 Å². The van der Waals surface area contributed by atoms with Crippen molar-refractivity contribution in [3.8, 4) is 0 Å². The van der Waals surface area contributed by atoms with Crippen LogP contribution < -0.4 is 10.0 Å².